The van der Waals surface area contributed by atoms with Gasteiger partial charge in [-0.3, -0.25) is 14.2 Å². The second-order valence-electron chi connectivity index (χ2n) is 15.0. The lowest BCUT2D eigenvalue weighted by Gasteiger charge is -2.28. The SMILES string of the molecule is CCCC/C=C\C/C=C\CCCCCCCC(=O)O[C@H](COC(=O)CCCCCCC/C=C\C/C=C\CCCCC)COP(=O)([O-])OCC[N+](C)(C)C. The summed E-state index contributed by atoms with van der Waals surface area (Å²) in [4.78, 5) is 37.4. The number of ether oxygens (including phenoxy) is 2. The minimum atomic E-state index is -4.63. The Hall–Kier alpha value is -2.03. The fourth-order valence-electron chi connectivity index (χ4n) is 5.23. The molecule has 53 heavy (non-hydrogen) atoms. The number of quaternary nitrogens is 1. The predicted octanol–water partition coefficient (Wildman–Crippen LogP) is 10.9. The van der Waals surface area contributed by atoms with Gasteiger partial charge >= 0.3 is 11.9 Å². The van der Waals surface area contributed by atoms with Crippen molar-refractivity contribution in [1.29, 1.82) is 0 Å². The summed E-state index contributed by atoms with van der Waals surface area (Å²) in [5.41, 5.74) is 0. The van der Waals surface area contributed by atoms with Crippen LogP contribution in [0.4, 0.5) is 0 Å². The maximum Gasteiger partial charge on any atom is 0.306 e. The number of hydrogen-bond donors (Lipinski definition) is 0. The van der Waals surface area contributed by atoms with Crippen LogP contribution in [0.2, 0.25) is 0 Å². The summed E-state index contributed by atoms with van der Waals surface area (Å²) in [5, 5.41) is 0. The van der Waals surface area contributed by atoms with Gasteiger partial charge in [0.2, 0.25) is 0 Å². The lowest BCUT2D eigenvalue weighted by atomic mass is 10.1. The average molecular weight is 768 g/mol. The second kappa shape index (κ2) is 35.7. The third-order valence-corrected chi connectivity index (χ3v) is 9.54. The lowest BCUT2D eigenvalue weighted by molar-refractivity contribution is -0.870. The molecule has 0 radical (unpaired) electrons. The van der Waals surface area contributed by atoms with Gasteiger partial charge in [0.1, 0.15) is 19.8 Å². The van der Waals surface area contributed by atoms with E-state index in [1.807, 2.05) is 21.1 Å². The third-order valence-electron chi connectivity index (χ3n) is 8.57. The molecule has 0 aromatic rings. The van der Waals surface area contributed by atoms with Crippen molar-refractivity contribution in [3.05, 3.63) is 48.6 Å². The van der Waals surface area contributed by atoms with Crippen molar-refractivity contribution in [3.63, 3.8) is 0 Å². The van der Waals surface area contributed by atoms with Crippen LogP contribution in [-0.4, -0.2) is 70.0 Å². The standard InChI is InChI=1S/C43H78NO8P/c1-6-8-10-12-14-16-18-20-22-24-25-27-29-31-33-35-42(45)49-39-41(40-51-53(47,48)50-38-37-44(3,4)5)52-43(46)36-34-32-30-28-26-23-21-19-17-15-13-11-9-7-2/h13-16,19-22,41H,6-12,17-18,23-40H2,1-5H3/b15-13-,16-14-,21-19-,22-20-/t41-/m1/s1. The number of hydrogen-bond acceptors (Lipinski definition) is 8. The Kier molecular flexibility index (Phi) is 34.3. The molecule has 0 heterocycles. The van der Waals surface area contributed by atoms with E-state index in [0.29, 0.717) is 23.9 Å². The number of nitrogens with zero attached hydrogens (tertiary/aromatic N) is 1. The van der Waals surface area contributed by atoms with Crippen molar-refractivity contribution in [3.8, 4) is 0 Å². The predicted molar refractivity (Wildman–Crippen MR) is 217 cm³/mol. The Labute approximate surface area is 324 Å². The summed E-state index contributed by atoms with van der Waals surface area (Å²) >= 11 is 0. The molecular formula is C43H78NO8P. The molecule has 0 aromatic heterocycles. The van der Waals surface area contributed by atoms with Gasteiger partial charge in [0.05, 0.1) is 27.7 Å². The van der Waals surface area contributed by atoms with E-state index in [4.69, 9.17) is 18.5 Å². The smallest absolute Gasteiger partial charge is 0.306 e. The number of rotatable bonds is 37. The van der Waals surface area contributed by atoms with Crippen LogP contribution >= 0.6 is 7.82 Å². The van der Waals surface area contributed by atoms with Gasteiger partial charge in [-0.2, -0.15) is 0 Å². The summed E-state index contributed by atoms with van der Waals surface area (Å²) in [7, 11) is 1.14. The summed E-state index contributed by atoms with van der Waals surface area (Å²) in [5.74, 6) is -0.871. The lowest BCUT2D eigenvalue weighted by Crippen LogP contribution is -2.37. The molecule has 2 atom stereocenters. The monoisotopic (exact) mass is 768 g/mol. The molecule has 9 nitrogen and oxygen atoms in total. The Balaban J connectivity index is 4.45. The molecule has 0 aromatic carbocycles. The zero-order valence-electron chi connectivity index (χ0n) is 34.4. The Morgan fingerprint density at radius 1 is 0.585 bits per heavy atom. The molecule has 308 valence electrons. The van der Waals surface area contributed by atoms with Crippen LogP contribution in [0, 0.1) is 0 Å². The molecule has 0 rings (SSSR count). The van der Waals surface area contributed by atoms with Crippen LogP contribution in [0.25, 0.3) is 0 Å². The Morgan fingerprint density at radius 2 is 1.04 bits per heavy atom. The minimum Gasteiger partial charge on any atom is -0.756 e. The van der Waals surface area contributed by atoms with Crippen LogP contribution in [0.15, 0.2) is 48.6 Å². The van der Waals surface area contributed by atoms with Crippen LogP contribution in [0.1, 0.15) is 162 Å². The number of phosphoric ester groups is 1. The Bertz CT molecular complexity index is 1050. The number of allylic oxidation sites excluding steroid dienone is 8. The number of unbranched alkanes of at least 4 members (excludes halogenated alkanes) is 15. The van der Waals surface area contributed by atoms with E-state index >= 15 is 0 Å². The van der Waals surface area contributed by atoms with Crippen molar-refractivity contribution in [2.45, 2.75) is 168 Å². The molecule has 0 spiro atoms. The molecular weight excluding hydrogens is 689 g/mol. The second-order valence-corrected chi connectivity index (χ2v) is 16.4. The van der Waals surface area contributed by atoms with Crippen LogP contribution in [0.5, 0.6) is 0 Å². The van der Waals surface area contributed by atoms with Gasteiger partial charge in [-0.25, -0.2) is 0 Å². The summed E-state index contributed by atoms with van der Waals surface area (Å²) in [6, 6.07) is 0. The zero-order valence-corrected chi connectivity index (χ0v) is 35.3. The zero-order chi connectivity index (χ0) is 39.3. The molecule has 0 fully saturated rings. The molecule has 0 bridgehead atoms. The van der Waals surface area contributed by atoms with E-state index in [2.05, 4.69) is 62.5 Å². The maximum atomic E-state index is 12.6. The first-order chi connectivity index (χ1) is 25.5. The first-order valence-electron chi connectivity index (χ1n) is 20.8. The first kappa shape index (κ1) is 51.0. The van der Waals surface area contributed by atoms with Gasteiger partial charge in [-0.05, 0) is 70.6 Å². The van der Waals surface area contributed by atoms with E-state index in [-0.39, 0.29) is 26.1 Å². The molecule has 0 aliphatic heterocycles. The van der Waals surface area contributed by atoms with Gasteiger partial charge in [-0.15, -0.1) is 0 Å². The molecule has 1 unspecified atom stereocenters. The average Bonchev–Trinajstić information content (AvgIpc) is 3.10. The topological polar surface area (TPSA) is 111 Å². The molecule has 0 saturated carbocycles. The van der Waals surface area contributed by atoms with Gasteiger partial charge in [-0.1, -0.05) is 127 Å². The summed E-state index contributed by atoms with van der Waals surface area (Å²) < 4.78 is 33.8. The fourth-order valence-corrected chi connectivity index (χ4v) is 5.96. The largest absolute Gasteiger partial charge is 0.756 e. The van der Waals surface area contributed by atoms with E-state index in [9.17, 15) is 19.0 Å². The minimum absolute atomic E-state index is 0.0377. The third kappa shape index (κ3) is 39.5. The molecule has 10 heteroatoms. The van der Waals surface area contributed by atoms with Crippen LogP contribution in [0.3, 0.4) is 0 Å². The number of likely N-dealkylation sites (N-methyl/N-ethyl adjacent to an activating group) is 1. The number of phosphoric acid groups is 1. The van der Waals surface area contributed by atoms with Gasteiger partial charge < -0.3 is 27.9 Å². The quantitative estimate of drug-likeness (QED) is 0.0202. The maximum absolute atomic E-state index is 12.6. The summed E-state index contributed by atoms with van der Waals surface area (Å²) in [6.07, 6.45) is 39.9. The van der Waals surface area contributed by atoms with E-state index in [1.54, 1.807) is 0 Å². The molecule has 0 aliphatic rings. The molecule has 0 amide bonds. The van der Waals surface area contributed by atoms with Crippen molar-refractivity contribution in [1.82, 2.24) is 0 Å². The van der Waals surface area contributed by atoms with Crippen molar-refractivity contribution < 1.29 is 42.1 Å². The number of esters is 2. The highest BCUT2D eigenvalue weighted by atomic mass is 31.2. The van der Waals surface area contributed by atoms with E-state index in [0.717, 1.165) is 83.5 Å². The van der Waals surface area contributed by atoms with Gasteiger partial charge in [0.25, 0.3) is 7.82 Å². The highest BCUT2D eigenvalue weighted by Crippen LogP contribution is 2.38. The summed E-state index contributed by atoms with van der Waals surface area (Å²) in [6.45, 7) is 4.11. The van der Waals surface area contributed by atoms with Crippen molar-refractivity contribution in [2.75, 3.05) is 47.5 Å². The molecule has 0 saturated heterocycles. The van der Waals surface area contributed by atoms with Gasteiger partial charge in [0, 0.05) is 12.8 Å². The number of carbonyl (C=O) groups is 2. The number of carbonyl (C=O) groups excluding carboxylic acids is 2. The van der Waals surface area contributed by atoms with Crippen molar-refractivity contribution >= 4 is 19.8 Å². The molecule has 0 aliphatic carbocycles. The first-order valence-corrected chi connectivity index (χ1v) is 22.3. The molecule has 0 N–H and O–H groups in total. The van der Waals surface area contributed by atoms with E-state index in [1.165, 1.54) is 38.5 Å². The van der Waals surface area contributed by atoms with Crippen LogP contribution in [-0.2, 0) is 32.7 Å². The normalized spacial score (nSPS) is 14.2. The van der Waals surface area contributed by atoms with E-state index < -0.39 is 32.5 Å². The highest BCUT2D eigenvalue weighted by Gasteiger charge is 2.21. The van der Waals surface area contributed by atoms with Crippen LogP contribution < -0.4 is 4.89 Å². The van der Waals surface area contributed by atoms with Crippen molar-refractivity contribution in [2.24, 2.45) is 0 Å². The van der Waals surface area contributed by atoms with Gasteiger partial charge in [0.15, 0.2) is 6.10 Å². The Morgan fingerprint density at radius 3 is 1.55 bits per heavy atom. The fraction of sp³-hybridized carbons (Fsp3) is 0.767. The highest BCUT2D eigenvalue weighted by molar-refractivity contribution is 7.45.